The molecule has 8 heavy (non-hydrogen) atoms. The number of carbonyl (C=O) groups is 1. The molecule has 0 saturated carbocycles. The summed E-state index contributed by atoms with van der Waals surface area (Å²) < 4.78 is 2.12. The minimum absolute atomic E-state index is 0.0807. The van der Waals surface area contributed by atoms with Crippen molar-refractivity contribution in [3.05, 3.63) is 0 Å². The second kappa shape index (κ2) is 2.66. The topological polar surface area (TPSA) is 40.1 Å². The third-order valence-electron chi connectivity index (χ3n) is 1.22. The fourth-order valence-corrected chi connectivity index (χ4v) is 3.86. The fourth-order valence-electron chi connectivity index (χ4n) is 0.676. The zero-order valence-electron chi connectivity index (χ0n) is 4.39. The van der Waals surface area contributed by atoms with Gasteiger partial charge in [-0.1, -0.05) is 0 Å². The Morgan fingerprint density at radius 1 is 1.75 bits per heavy atom. The molecule has 1 saturated heterocycles. The van der Waals surface area contributed by atoms with Crippen LogP contribution in [0.3, 0.4) is 0 Å². The Kier molecular flexibility index (Phi) is 2.10. The van der Waals surface area contributed by atoms with Crippen molar-refractivity contribution in [2.75, 3.05) is 8.86 Å². The van der Waals surface area contributed by atoms with Gasteiger partial charge in [0.15, 0.2) is 0 Å². The molecule has 0 spiro atoms. The molecule has 0 aliphatic carbocycles. The van der Waals surface area contributed by atoms with E-state index in [1.807, 2.05) is 0 Å². The van der Waals surface area contributed by atoms with Crippen molar-refractivity contribution in [2.24, 2.45) is 5.92 Å². The second-order valence-corrected chi connectivity index (χ2v) is 4.88. The van der Waals surface area contributed by atoms with E-state index in [9.17, 15) is 9.90 Å². The van der Waals surface area contributed by atoms with Crippen molar-refractivity contribution in [1.29, 1.82) is 0 Å². The minimum atomic E-state index is -0.831. The predicted molar refractivity (Wildman–Crippen MR) is 22.8 cm³/mol. The van der Waals surface area contributed by atoms with Crippen molar-refractivity contribution in [3.63, 3.8) is 0 Å². The maximum absolute atomic E-state index is 10.1. The monoisotopic (exact) mass is 226 g/mol. The Balaban J connectivity index is 2.35. The molecule has 0 aromatic rings. The number of carboxylic acid groups (broad SMARTS) is 1. The van der Waals surface area contributed by atoms with E-state index in [0.29, 0.717) is 0 Å². The van der Waals surface area contributed by atoms with Gasteiger partial charge in [0.1, 0.15) is 0 Å². The van der Waals surface area contributed by atoms with Crippen LogP contribution in [-0.2, 0) is 4.79 Å². The molecular weight excluding hydrogens is 219 g/mol. The second-order valence-electron chi connectivity index (χ2n) is 1.84. The first-order chi connectivity index (χ1) is 3.80. The molecule has 0 bridgehead atoms. The van der Waals surface area contributed by atoms with Crippen LogP contribution in [0, 0.1) is 5.92 Å². The number of rotatable bonds is 1. The van der Waals surface area contributed by atoms with Crippen molar-refractivity contribution in [2.45, 2.75) is 6.42 Å². The Morgan fingerprint density at radius 3 is 2.75 bits per heavy atom. The van der Waals surface area contributed by atoms with E-state index in [-0.39, 0.29) is 27.1 Å². The third kappa shape index (κ3) is 1.34. The van der Waals surface area contributed by atoms with Crippen molar-refractivity contribution >= 4 is 5.97 Å². The number of aliphatic carboxylic acids is 1. The summed E-state index contributed by atoms with van der Waals surface area (Å²) in [5.41, 5.74) is 0. The molecule has 1 aliphatic rings. The van der Waals surface area contributed by atoms with Crippen molar-refractivity contribution in [1.82, 2.24) is 0 Å². The summed E-state index contributed by atoms with van der Waals surface area (Å²) in [6.45, 7) is 0. The average molecular weight is 226 g/mol. The van der Waals surface area contributed by atoms with Crippen molar-refractivity contribution < 1.29 is 31.1 Å². The van der Waals surface area contributed by atoms with Crippen LogP contribution in [0.2, 0.25) is 0 Å². The number of halogens is 1. The molecule has 48 valence electrons. The molecule has 1 unspecified atom stereocenters. The van der Waals surface area contributed by atoms with Crippen LogP contribution >= 0.6 is 0 Å². The summed E-state index contributed by atoms with van der Waals surface area (Å²) in [6, 6.07) is 0. The van der Waals surface area contributed by atoms with Crippen LogP contribution in [0.4, 0.5) is 0 Å². The molecule has 0 N–H and O–H groups in total. The van der Waals surface area contributed by atoms with E-state index in [1.165, 1.54) is 4.43 Å². The maximum atomic E-state index is 10.1. The Morgan fingerprint density at radius 2 is 2.50 bits per heavy atom. The number of carboxylic acids is 1. The molecule has 0 radical (unpaired) electrons. The molecule has 0 aromatic carbocycles. The van der Waals surface area contributed by atoms with Gasteiger partial charge in [-0.25, -0.2) is 0 Å². The first-order valence-corrected chi connectivity index (χ1v) is 5.60. The molecule has 1 fully saturated rings. The van der Waals surface area contributed by atoms with E-state index >= 15 is 0 Å². The van der Waals surface area contributed by atoms with Gasteiger partial charge < -0.3 is 0 Å². The summed E-state index contributed by atoms with van der Waals surface area (Å²) >= 11 is 0.248. The molecule has 1 heterocycles. The van der Waals surface area contributed by atoms with Gasteiger partial charge in [0, 0.05) is 0 Å². The summed E-state index contributed by atoms with van der Waals surface area (Å²) in [6.07, 6.45) is 0.885. The van der Waals surface area contributed by atoms with Gasteiger partial charge in [-0.05, 0) is 0 Å². The van der Waals surface area contributed by atoms with Crippen LogP contribution in [0.25, 0.3) is 0 Å². The summed E-state index contributed by atoms with van der Waals surface area (Å²) in [7, 11) is 0. The van der Waals surface area contributed by atoms with Crippen LogP contribution in [0.5, 0.6) is 0 Å². The summed E-state index contributed by atoms with van der Waals surface area (Å²) in [5, 5.41) is 10.1. The zero-order valence-corrected chi connectivity index (χ0v) is 6.55. The third-order valence-corrected chi connectivity index (χ3v) is 4.29. The normalized spacial score (nSPS) is 29.2. The van der Waals surface area contributed by atoms with Crippen LogP contribution < -0.4 is 26.3 Å². The standard InChI is InChI=1S/C5H8IO2/c7-5(8)4-1-2-6-3-4/h4H,1-3H2,(H,7,8)/q-1/p-1. The summed E-state index contributed by atoms with van der Waals surface area (Å²) in [4.78, 5) is 10.1. The zero-order chi connectivity index (χ0) is 5.98. The predicted octanol–water partition coefficient (Wildman–Crippen LogP) is -4.15. The first-order valence-electron chi connectivity index (χ1n) is 2.55. The Bertz CT molecular complexity index is 96.6. The van der Waals surface area contributed by atoms with Gasteiger partial charge in [0.2, 0.25) is 0 Å². The number of carbonyl (C=O) groups excluding carboxylic acids is 1. The number of hydrogen-bond donors (Lipinski definition) is 0. The van der Waals surface area contributed by atoms with E-state index in [2.05, 4.69) is 0 Å². The van der Waals surface area contributed by atoms with Crippen LogP contribution in [-0.4, -0.2) is 14.8 Å². The first kappa shape index (κ1) is 6.32. The van der Waals surface area contributed by atoms with E-state index in [1.54, 1.807) is 0 Å². The van der Waals surface area contributed by atoms with E-state index in [0.717, 1.165) is 10.8 Å². The van der Waals surface area contributed by atoms with Gasteiger partial charge in [-0.2, -0.15) is 0 Å². The Labute approximate surface area is 58.5 Å². The molecule has 2 nitrogen and oxygen atoms in total. The van der Waals surface area contributed by atoms with E-state index < -0.39 is 5.97 Å². The van der Waals surface area contributed by atoms with Gasteiger partial charge in [-0.15, -0.1) is 0 Å². The molecule has 0 aromatic heterocycles. The van der Waals surface area contributed by atoms with Crippen LogP contribution in [0.1, 0.15) is 6.42 Å². The van der Waals surface area contributed by atoms with Crippen molar-refractivity contribution in [3.8, 4) is 0 Å². The van der Waals surface area contributed by atoms with E-state index in [4.69, 9.17) is 0 Å². The quantitative estimate of drug-likeness (QED) is 0.336. The number of hydrogen-bond acceptors (Lipinski definition) is 2. The number of alkyl halides is 2. The van der Waals surface area contributed by atoms with Gasteiger partial charge >= 0.3 is 58.3 Å². The van der Waals surface area contributed by atoms with Gasteiger partial charge in [-0.3, -0.25) is 0 Å². The van der Waals surface area contributed by atoms with Gasteiger partial charge in [0.25, 0.3) is 0 Å². The Hall–Kier alpha value is 0.200. The fraction of sp³-hybridized carbons (Fsp3) is 0.800. The molecular formula is C5H7IO2-2. The van der Waals surface area contributed by atoms with Crippen LogP contribution in [0.15, 0.2) is 0 Å². The molecule has 3 heteroatoms. The molecule has 1 aliphatic heterocycles. The molecule has 0 amide bonds. The van der Waals surface area contributed by atoms with Gasteiger partial charge in [0.05, 0.1) is 0 Å². The molecule has 1 atom stereocenters. The summed E-state index contributed by atoms with van der Waals surface area (Å²) in [5.74, 6) is -0.912. The SMILES string of the molecule is O=C([O-])C1CC[I-]C1. The average Bonchev–Trinajstić information content (AvgIpc) is 2.12. The molecule has 1 rings (SSSR count).